The van der Waals surface area contributed by atoms with Gasteiger partial charge in [0.2, 0.25) is 0 Å². The van der Waals surface area contributed by atoms with E-state index < -0.39 is 0 Å². The van der Waals surface area contributed by atoms with E-state index in [1.54, 1.807) is 0 Å². The smallest absolute Gasteiger partial charge is 0.151 e. The molecule has 1 aromatic rings. The molecule has 0 radical (unpaired) electrons. The van der Waals surface area contributed by atoms with Gasteiger partial charge in [-0.25, -0.2) is 0 Å². The van der Waals surface area contributed by atoms with E-state index in [0.29, 0.717) is 6.04 Å². The van der Waals surface area contributed by atoms with Crippen molar-refractivity contribution in [3.8, 4) is 0 Å². The molecule has 0 amide bonds. The first-order valence-corrected chi connectivity index (χ1v) is 7.01. The second-order valence-corrected chi connectivity index (χ2v) is 5.84. The zero-order valence-electron chi connectivity index (χ0n) is 11.3. The van der Waals surface area contributed by atoms with Crippen LogP contribution in [0, 0.1) is 18.8 Å². The number of nitrogens with one attached hydrogen (secondary N) is 1. The summed E-state index contributed by atoms with van der Waals surface area (Å²) < 4.78 is 0. The van der Waals surface area contributed by atoms with Crippen LogP contribution in [0.4, 0.5) is 5.82 Å². The highest BCUT2D eigenvalue weighted by Gasteiger charge is 2.31. The zero-order chi connectivity index (χ0) is 12.5. The lowest BCUT2D eigenvalue weighted by molar-refractivity contribution is 0.354. The predicted molar refractivity (Wildman–Crippen MR) is 72.7 cm³/mol. The van der Waals surface area contributed by atoms with E-state index in [1.807, 2.05) is 13.0 Å². The van der Waals surface area contributed by atoms with Crippen LogP contribution in [-0.2, 0) is 0 Å². The highest BCUT2D eigenvalue weighted by atomic mass is 15.3. The van der Waals surface area contributed by atoms with Gasteiger partial charge in [0, 0.05) is 31.6 Å². The fourth-order valence-electron chi connectivity index (χ4n) is 2.56. The van der Waals surface area contributed by atoms with Crippen LogP contribution in [0.2, 0.25) is 0 Å². The van der Waals surface area contributed by atoms with E-state index in [2.05, 4.69) is 33.4 Å². The van der Waals surface area contributed by atoms with Crippen molar-refractivity contribution in [1.29, 1.82) is 0 Å². The molecule has 4 heteroatoms. The molecule has 0 spiro atoms. The lowest BCUT2D eigenvalue weighted by atomic mass is 9.99. The van der Waals surface area contributed by atoms with Gasteiger partial charge in [-0.1, -0.05) is 0 Å². The Bertz CT molecular complexity index is 393. The molecule has 1 aliphatic heterocycles. The van der Waals surface area contributed by atoms with Gasteiger partial charge in [-0.05, 0) is 44.7 Å². The van der Waals surface area contributed by atoms with Gasteiger partial charge in [-0.15, -0.1) is 5.10 Å². The van der Waals surface area contributed by atoms with Crippen LogP contribution in [0.1, 0.15) is 25.5 Å². The van der Waals surface area contributed by atoms with Crippen molar-refractivity contribution in [2.45, 2.75) is 32.7 Å². The first-order valence-electron chi connectivity index (χ1n) is 7.01. The van der Waals surface area contributed by atoms with Crippen LogP contribution in [-0.4, -0.2) is 35.9 Å². The summed E-state index contributed by atoms with van der Waals surface area (Å²) in [5.74, 6) is 2.74. The molecule has 0 aromatic carbocycles. The Hall–Kier alpha value is -1.16. The lowest BCUT2D eigenvalue weighted by Crippen LogP contribution is -2.52. The highest BCUT2D eigenvalue weighted by molar-refractivity contribution is 5.40. The second-order valence-electron chi connectivity index (χ2n) is 5.84. The molecule has 1 aromatic heterocycles. The molecular weight excluding hydrogens is 224 g/mol. The lowest BCUT2D eigenvalue weighted by Gasteiger charge is -2.40. The van der Waals surface area contributed by atoms with E-state index in [1.165, 1.54) is 12.8 Å². The van der Waals surface area contributed by atoms with Gasteiger partial charge >= 0.3 is 0 Å². The van der Waals surface area contributed by atoms with E-state index in [-0.39, 0.29) is 0 Å². The van der Waals surface area contributed by atoms with Gasteiger partial charge < -0.3 is 10.2 Å². The fourth-order valence-corrected chi connectivity index (χ4v) is 2.56. The summed E-state index contributed by atoms with van der Waals surface area (Å²) in [6.07, 6.45) is 2.84. The second kappa shape index (κ2) is 4.84. The van der Waals surface area contributed by atoms with Crippen molar-refractivity contribution in [3.05, 3.63) is 17.8 Å². The largest absolute Gasteiger partial charge is 0.354 e. The number of hydrogen-bond acceptors (Lipinski definition) is 4. The maximum atomic E-state index is 4.22. The Kier molecular flexibility index (Phi) is 3.20. The minimum atomic E-state index is 0.707. The molecule has 1 saturated carbocycles. The number of nitrogens with zero attached hydrogens (tertiary/aromatic N) is 3. The van der Waals surface area contributed by atoms with Crippen molar-refractivity contribution in [2.24, 2.45) is 11.8 Å². The van der Waals surface area contributed by atoms with Gasteiger partial charge in [-0.2, -0.15) is 5.10 Å². The van der Waals surface area contributed by atoms with Gasteiger partial charge in [0.05, 0.1) is 5.69 Å². The van der Waals surface area contributed by atoms with Gasteiger partial charge in [-0.3, -0.25) is 0 Å². The Morgan fingerprint density at radius 3 is 2.72 bits per heavy atom. The van der Waals surface area contributed by atoms with Crippen molar-refractivity contribution < 1.29 is 0 Å². The number of hydrogen-bond donors (Lipinski definition) is 1. The minimum absolute atomic E-state index is 0.707. The van der Waals surface area contributed by atoms with Crippen LogP contribution in [0.5, 0.6) is 0 Å². The summed E-state index contributed by atoms with van der Waals surface area (Å²) in [5, 5.41) is 12.0. The minimum Gasteiger partial charge on any atom is -0.354 e. The van der Waals surface area contributed by atoms with Crippen molar-refractivity contribution in [3.63, 3.8) is 0 Å². The fraction of sp³-hybridized carbons (Fsp3) is 0.714. The van der Waals surface area contributed by atoms with Crippen LogP contribution >= 0.6 is 0 Å². The molecular formula is C14H22N4. The average molecular weight is 246 g/mol. The predicted octanol–water partition coefficient (Wildman–Crippen LogP) is 1.61. The molecule has 4 nitrogen and oxygen atoms in total. The molecule has 1 unspecified atom stereocenters. The maximum absolute atomic E-state index is 4.22. The van der Waals surface area contributed by atoms with Gasteiger partial charge in [0.15, 0.2) is 5.82 Å². The molecule has 18 heavy (non-hydrogen) atoms. The molecule has 1 N–H and O–H groups in total. The molecule has 1 saturated heterocycles. The summed E-state index contributed by atoms with van der Waals surface area (Å²) in [5.41, 5.74) is 0.982. The van der Waals surface area contributed by atoms with E-state index in [4.69, 9.17) is 0 Å². The van der Waals surface area contributed by atoms with E-state index >= 15 is 0 Å². The summed E-state index contributed by atoms with van der Waals surface area (Å²) in [6, 6.07) is 4.81. The quantitative estimate of drug-likeness (QED) is 0.857. The van der Waals surface area contributed by atoms with Crippen molar-refractivity contribution in [2.75, 3.05) is 24.5 Å². The Morgan fingerprint density at radius 2 is 2.11 bits per heavy atom. The number of aromatic nitrogens is 2. The molecule has 1 aliphatic carbocycles. The summed E-state index contributed by atoms with van der Waals surface area (Å²) >= 11 is 0. The van der Waals surface area contributed by atoms with E-state index in [0.717, 1.165) is 43.0 Å². The maximum Gasteiger partial charge on any atom is 0.151 e. The molecule has 1 atom stereocenters. The molecule has 2 fully saturated rings. The van der Waals surface area contributed by atoms with Crippen LogP contribution < -0.4 is 10.2 Å². The van der Waals surface area contributed by atoms with Crippen molar-refractivity contribution >= 4 is 5.82 Å². The number of aryl methyl sites for hydroxylation is 1. The number of anilines is 1. The van der Waals surface area contributed by atoms with Gasteiger partial charge in [0.25, 0.3) is 0 Å². The molecule has 2 heterocycles. The number of rotatable bonds is 5. The Balaban J connectivity index is 1.41. The normalized spacial score (nSPS) is 21.8. The molecule has 0 bridgehead atoms. The van der Waals surface area contributed by atoms with Crippen LogP contribution in [0.3, 0.4) is 0 Å². The summed E-state index contributed by atoms with van der Waals surface area (Å²) in [4.78, 5) is 2.31. The van der Waals surface area contributed by atoms with Gasteiger partial charge in [0.1, 0.15) is 0 Å². The zero-order valence-corrected chi connectivity index (χ0v) is 11.3. The first kappa shape index (κ1) is 11.9. The highest BCUT2D eigenvalue weighted by Crippen LogP contribution is 2.32. The molecule has 98 valence electrons. The average Bonchev–Trinajstić information content (AvgIpc) is 3.13. The molecule has 2 aliphatic rings. The monoisotopic (exact) mass is 246 g/mol. The third kappa shape index (κ3) is 2.64. The Morgan fingerprint density at radius 1 is 1.33 bits per heavy atom. The Labute approximate surface area is 109 Å². The SMILES string of the molecule is Cc1ccc(N2CC(CNC(C)C3CC3)C2)nn1. The standard InChI is InChI=1S/C14H22N4/c1-10-3-6-14(17-16-10)18-8-12(9-18)7-15-11(2)13-4-5-13/h3,6,11-13,15H,4-5,7-9H2,1-2H3. The first-order chi connectivity index (χ1) is 8.72. The third-order valence-corrected chi connectivity index (χ3v) is 4.12. The van der Waals surface area contributed by atoms with Crippen LogP contribution in [0.15, 0.2) is 12.1 Å². The molecule has 3 rings (SSSR count). The topological polar surface area (TPSA) is 41.0 Å². The van der Waals surface area contributed by atoms with E-state index in [9.17, 15) is 0 Å². The summed E-state index contributed by atoms with van der Waals surface area (Å²) in [7, 11) is 0. The van der Waals surface area contributed by atoms with Crippen LogP contribution in [0.25, 0.3) is 0 Å². The van der Waals surface area contributed by atoms with Crippen molar-refractivity contribution in [1.82, 2.24) is 15.5 Å². The summed E-state index contributed by atoms with van der Waals surface area (Å²) in [6.45, 7) is 7.66. The third-order valence-electron chi connectivity index (χ3n) is 4.12.